The number of ether oxygens (including phenoxy) is 1. The Morgan fingerprint density at radius 2 is 1.77 bits per heavy atom. The monoisotopic (exact) mass is 473 g/mol. The van der Waals surface area contributed by atoms with Crippen molar-refractivity contribution in [3.05, 3.63) is 77.0 Å². The van der Waals surface area contributed by atoms with Crippen molar-refractivity contribution in [1.82, 2.24) is 14.1 Å². The van der Waals surface area contributed by atoms with E-state index in [0.717, 1.165) is 36.0 Å². The molecule has 156 valence electrons. The molecule has 1 fully saturated rings. The van der Waals surface area contributed by atoms with Crippen LogP contribution in [0.25, 0.3) is 32.8 Å². The number of hydrogen-bond acceptors (Lipinski definition) is 2. The van der Waals surface area contributed by atoms with Crippen LogP contribution in [0.1, 0.15) is 24.4 Å². The van der Waals surface area contributed by atoms with E-state index in [0.29, 0.717) is 5.92 Å². The largest absolute Gasteiger partial charge is 0.381 e. The van der Waals surface area contributed by atoms with Crippen LogP contribution in [0.2, 0.25) is 0 Å². The van der Waals surface area contributed by atoms with Gasteiger partial charge in [-0.15, -0.1) is 0 Å². The number of halogens is 1. The van der Waals surface area contributed by atoms with E-state index < -0.39 is 0 Å². The van der Waals surface area contributed by atoms with Crippen LogP contribution in [0.4, 0.5) is 0 Å². The molecule has 0 bridgehead atoms. The van der Waals surface area contributed by atoms with Crippen molar-refractivity contribution in [2.75, 3.05) is 13.2 Å². The fourth-order valence-corrected chi connectivity index (χ4v) is 5.66. The summed E-state index contributed by atoms with van der Waals surface area (Å²) in [5.41, 5.74) is 6.09. The molecule has 1 aliphatic rings. The van der Waals surface area contributed by atoms with Gasteiger partial charge < -0.3 is 13.9 Å². The van der Waals surface area contributed by atoms with Gasteiger partial charge in [0.25, 0.3) is 0 Å². The van der Waals surface area contributed by atoms with Crippen LogP contribution >= 0.6 is 15.9 Å². The van der Waals surface area contributed by atoms with Gasteiger partial charge in [-0.25, -0.2) is 0 Å². The molecule has 6 rings (SSSR count). The summed E-state index contributed by atoms with van der Waals surface area (Å²) in [6, 6.07) is 20.1. The summed E-state index contributed by atoms with van der Waals surface area (Å²) in [4.78, 5) is 4.91. The highest BCUT2D eigenvalue weighted by Gasteiger charge is 2.30. The molecule has 5 aromatic rings. The second-order valence-electron chi connectivity index (χ2n) is 8.52. The minimum atomic E-state index is 0.238. The van der Waals surface area contributed by atoms with Gasteiger partial charge in [-0.2, -0.15) is 0 Å². The predicted octanol–water partition coefficient (Wildman–Crippen LogP) is 6.46. The number of aromatic nitrogens is 3. The zero-order valence-corrected chi connectivity index (χ0v) is 19.0. The van der Waals surface area contributed by atoms with Gasteiger partial charge in [0.15, 0.2) is 0 Å². The standard InChI is InChI=1S/C26H24BrN3O/c1-29-12-9-20-21(29)7-8-22-24(20)25-23(15-19(27)16-28-25)30(22)26(17-5-3-2-4-6-17)18-10-13-31-14-11-18/h2-9,12,15-16,18,26H,10-11,13-14H2,1H3/t26-/m1/s1. The Bertz CT molecular complexity index is 1400. The molecule has 31 heavy (non-hydrogen) atoms. The molecular formula is C26H24BrN3O. The van der Waals surface area contributed by atoms with Gasteiger partial charge in [0.1, 0.15) is 0 Å². The molecule has 0 spiro atoms. The fourth-order valence-electron chi connectivity index (χ4n) is 5.34. The predicted molar refractivity (Wildman–Crippen MR) is 130 cm³/mol. The molecule has 0 unspecified atom stereocenters. The molecule has 0 radical (unpaired) electrons. The van der Waals surface area contributed by atoms with Crippen molar-refractivity contribution in [1.29, 1.82) is 0 Å². The Balaban J connectivity index is 1.73. The van der Waals surface area contributed by atoms with Crippen LogP contribution in [0.15, 0.2) is 71.5 Å². The normalized spacial score (nSPS) is 16.5. The van der Waals surface area contributed by atoms with E-state index in [1.54, 1.807) is 0 Å². The third-order valence-corrected chi connectivity index (χ3v) is 7.20. The maximum absolute atomic E-state index is 5.73. The van der Waals surface area contributed by atoms with E-state index in [1.807, 2.05) is 6.20 Å². The molecule has 0 aliphatic carbocycles. The van der Waals surface area contributed by atoms with Crippen LogP contribution in [-0.4, -0.2) is 27.3 Å². The number of hydrogen-bond donors (Lipinski definition) is 0. The molecule has 2 aromatic carbocycles. The Morgan fingerprint density at radius 1 is 1.00 bits per heavy atom. The second kappa shape index (κ2) is 7.50. The number of pyridine rings is 1. The Labute approximate surface area is 189 Å². The second-order valence-corrected chi connectivity index (χ2v) is 9.43. The van der Waals surface area contributed by atoms with Crippen molar-refractivity contribution < 1.29 is 4.74 Å². The number of rotatable bonds is 3. The summed E-state index contributed by atoms with van der Waals surface area (Å²) in [6.45, 7) is 1.66. The van der Waals surface area contributed by atoms with Crippen LogP contribution in [-0.2, 0) is 11.8 Å². The maximum Gasteiger partial charge on any atom is 0.0967 e. The van der Waals surface area contributed by atoms with Gasteiger partial charge in [-0.3, -0.25) is 4.98 Å². The van der Waals surface area contributed by atoms with E-state index in [9.17, 15) is 0 Å². The van der Waals surface area contributed by atoms with Crippen molar-refractivity contribution in [2.24, 2.45) is 13.0 Å². The molecule has 0 amide bonds. The molecule has 4 nitrogen and oxygen atoms in total. The number of fused-ring (bicyclic) bond motifs is 5. The van der Waals surface area contributed by atoms with E-state index in [1.165, 1.54) is 32.9 Å². The van der Waals surface area contributed by atoms with Crippen molar-refractivity contribution in [2.45, 2.75) is 18.9 Å². The van der Waals surface area contributed by atoms with Crippen LogP contribution in [0, 0.1) is 5.92 Å². The molecule has 5 heteroatoms. The number of aryl methyl sites for hydroxylation is 1. The molecule has 1 aliphatic heterocycles. The molecule has 1 saturated heterocycles. The smallest absolute Gasteiger partial charge is 0.0967 e. The molecule has 4 heterocycles. The summed E-state index contributed by atoms with van der Waals surface area (Å²) in [6.07, 6.45) is 6.19. The SMILES string of the molecule is Cn1ccc2c3c4ncc(Br)cc4n([C@H](c4ccccc4)C4CCOCC4)c3ccc21. The molecule has 0 N–H and O–H groups in total. The minimum Gasteiger partial charge on any atom is -0.381 e. The summed E-state index contributed by atoms with van der Waals surface area (Å²) in [5, 5.41) is 2.51. The Hall–Kier alpha value is -2.63. The Kier molecular flexibility index (Phi) is 4.62. The first-order valence-electron chi connectivity index (χ1n) is 10.9. The first kappa shape index (κ1) is 19.1. The summed E-state index contributed by atoms with van der Waals surface area (Å²) in [5.74, 6) is 0.514. The van der Waals surface area contributed by atoms with E-state index >= 15 is 0 Å². The quantitative estimate of drug-likeness (QED) is 0.301. The molecule has 3 aromatic heterocycles. The van der Waals surface area contributed by atoms with Gasteiger partial charge in [0.2, 0.25) is 0 Å². The van der Waals surface area contributed by atoms with Gasteiger partial charge in [-0.1, -0.05) is 30.3 Å². The number of nitrogens with zero attached hydrogens (tertiary/aromatic N) is 3. The summed E-state index contributed by atoms with van der Waals surface area (Å²) in [7, 11) is 2.10. The Morgan fingerprint density at radius 3 is 2.58 bits per heavy atom. The van der Waals surface area contributed by atoms with Crippen LogP contribution in [0.5, 0.6) is 0 Å². The lowest BCUT2D eigenvalue weighted by molar-refractivity contribution is 0.0553. The average Bonchev–Trinajstić information content (AvgIpc) is 3.33. The zero-order valence-electron chi connectivity index (χ0n) is 17.5. The van der Waals surface area contributed by atoms with E-state index in [-0.39, 0.29) is 6.04 Å². The summed E-state index contributed by atoms with van der Waals surface area (Å²) < 4.78 is 11.5. The number of benzene rings is 2. The first-order valence-corrected chi connectivity index (χ1v) is 11.7. The third kappa shape index (κ3) is 3.02. The topological polar surface area (TPSA) is 32.0 Å². The lowest BCUT2D eigenvalue weighted by Gasteiger charge is -2.33. The minimum absolute atomic E-state index is 0.238. The highest BCUT2D eigenvalue weighted by Crippen LogP contribution is 2.42. The lowest BCUT2D eigenvalue weighted by atomic mass is 9.86. The average molecular weight is 474 g/mol. The van der Waals surface area contributed by atoms with Gasteiger partial charge in [0, 0.05) is 53.4 Å². The molecular weight excluding hydrogens is 450 g/mol. The van der Waals surface area contributed by atoms with Gasteiger partial charge in [0.05, 0.1) is 22.6 Å². The van der Waals surface area contributed by atoms with Crippen molar-refractivity contribution >= 4 is 48.8 Å². The highest BCUT2D eigenvalue weighted by atomic mass is 79.9. The fraction of sp³-hybridized carbons (Fsp3) is 0.269. The first-order chi connectivity index (χ1) is 15.2. The lowest BCUT2D eigenvalue weighted by Crippen LogP contribution is -2.26. The molecule has 0 saturated carbocycles. The molecule has 1 atom stereocenters. The van der Waals surface area contributed by atoms with Crippen molar-refractivity contribution in [3.8, 4) is 0 Å². The van der Waals surface area contributed by atoms with E-state index in [2.05, 4.69) is 92.9 Å². The zero-order chi connectivity index (χ0) is 20.9. The highest BCUT2D eigenvalue weighted by molar-refractivity contribution is 9.10. The van der Waals surface area contributed by atoms with Gasteiger partial charge in [-0.05, 0) is 64.5 Å². The maximum atomic E-state index is 5.73. The van der Waals surface area contributed by atoms with E-state index in [4.69, 9.17) is 9.72 Å². The van der Waals surface area contributed by atoms with Crippen LogP contribution < -0.4 is 0 Å². The third-order valence-electron chi connectivity index (χ3n) is 6.77. The van der Waals surface area contributed by atoms with Crippen molar-refractivity contribution in [3.63, 3.8) is 0 Å². The van der Waals surface area contributed by atoms with Crippen LogP contribution in [0.3, 0.4) is 0 Å². The van der Waals surface area contributed by atoms with Gasteiger partial charge >= 0.3 is 0 Å². The summed E-state index contributed by atoms with van der Waals surface area (Å²) >= 11 is 3.68.